The van der Waals surface area contributed by atoms with Gasteiger partial charge in [-0.05, 0) is 59.8 Å². The second-order valence-electron chi connectivity index (χ2n) is 9.44. The number of amides is 1. The smallest absolute Gasteiger partial charge is 0.407 e. The number of fused-ring (bicyclic) bond motifs is 3. The largest absolute Gasteiger partial charge is 0.469 e. The van der Waals surface area contributed by atoms with Crippen LogP contribution in [-0.4, -0.2) is 31.3 Å². The van der Waals surface area contributed by atoms with Gasteiger partial charge in [-0.25, -0.2) is 4.79 Å². The molecule has 2 unspecified atom stereocenters. The van der Waals surface area contributed by atoms with Crippen LogP contribution in [0.15, 0.2) is 48.5 Å². The van der Waals surface area contributed by atoms with Crippen molar-refractivity contribution >= 4 is 12.1 Å². The van der Waals surface area contributed by atoms with Crippen molar-refractivity contribution in [3.63, 3.8) is 0 Å². The number of ether oxygens (including phenoxy) is 2. The molecule has 0 spiro atoms. The molecule has 2 aromatic carbocycles. The van der Waals surface area contributed by atoms with Crippen molar-refractivity contribution in [3.8, 4) is 11.1 Å². The highest BCUT2D eigenvalue weighted by atomic mass is 16.5. The monoisotopic (exact) mass is 403 g/mol. The third-order valence-corrected chi connectivity index (χ3v) is 8.29. The van der Waals surface area contributed by atoms with E-state index >= 15 is 0 Å². The summed E-state index contributed by atoms with van der Waals surface area (Å²) in [6, 6.07) is 16.6. The Kier molecular flexibility index (Phi) is 3.66. The van der Waals surface area contributed by atoms with Crippen LogP contribution in [0.5, 0.6) is 0 Å². The summed E-state index contributed by atoms with van der Waals surface area (Å²) in [5, 5.41) is 3.14. The molecule has 5 aliphatic carbocycles. The molecule has 7 rings (SSSR count). The van der Waals surface area contributed by atoms with Crippen LogP contribution in [0.3, 0.4) is 0 Å². The lowest BCUT2D eigenvalue weighted by Crippen LogP contribution is -2.57. The first kappa shape index (κ1) is 18.0. The summed E-state index contributed by atoms with van der Waals surface area (Å²) in [5.74, 6) is 0.878. The topological polar surface area (TPSA) is 64.6 Å². The second-order valence-corrected chi connectivity index (χ2v) is 9.44. The van der Waals surface area contributed by atoms with Crippen LogP contribution in [0.2, 0.25) is 0 Å². The van der Waals surface area contributed by atoms with Crippen molar-refractivity contribution < 1.29 is 19.1 Å². The Balaban J connectivity index is 1.21. The SMILES string of the molecule is COC(=O)C12CC3CC1(NC(=O)OCC1c4ccccc4-c4ccccc41)CC3C2. The Labute approximate surface area is 175 Å². The predicted octanol–water partition coefficient (Wildman–Crippen LogP) is 4.26. The zero-order valence-corrected chi connectivity index (χ0v) is 17.0. The first-order valence-corrected chi connectivity index (χ1v) is 10.8. The molecule has 30 heavy (non-hydrogen) atoms. The molecule has 5 nitrogen and oxygen atoms in total. The summed E-state index contributed by atoms with van der Waals surface area (Å²) in [6.45, 7) is 0.286. The van der Waals surface area contributed by atoms with Gasteiger partial charge < -0.3 is 14.8 Å². The molecule has 4 bridgehead atoms. The van der Waals surface area contributed by atoms with E-state index in [0.29, 0.717) is 11.8 Å². The van der Waals surface area contributed by atoms with Gasteiger partial charge in [-0.15, -0.1) is 0 Å². The van der Waals surface area contributed by atoms with Crippen molar-refractivity contribution in [2.24, 2.45) is 17.3 Å². The number of esters is 1. The fourth-order valence-electron chi connectivity index (χ4n) is 7.16. The van der Waals surface area contributed by atoms with Crippen LogP contribution >= 0.6 is 0 Å². The first-order chi connectivity index (χ1) is 14.6. The van der Waals surface area contributed by atoms with Crippen molar-refractivity contribution in [1.82, 2.24) is 5.32 Å². The maximum atomic E-state index is 12.9. The Hall–Kier alpha value is -2.82. The summed E-state index contributed by atoms with van der Waals surface area (Å²) in [4.78, 5) is 25.5. The van der Waals surface area contributed by atoms with Gasteiger partial charge in [0, 0.05) is 5.92 Å². The van der Waals surface area contributed by atoms with Gasteiger partial charge in [0.2, 0.25) is 0 Å². The van der Waals surface area contributed by atoms with E-state index in [1.54, 1.807) is 0 Å². The summed E-state index contributed by atoms with van der Waals surface area (Å²) < 4.78 is 10.9. The summed E-state index contributed by atoms with van der Waals surface area (Å²) >= 11 is 0. The first-order valence-electron chi connectivity index (χ1n) is 10.8. The normalized spacial score (nSPS) is 32.2. The Morgan fingerprint density at radius 1 is 0.933 bits per heavy atom. The standard InChI is InChI=1S/C25H25NO4/c1-29-22(27)24-10-15-12-25(24,13-16(15)11-24)26-23(28)30-14-21-19-8-4-2-6-17(19)18-7-3-5-9-20(18)21/h2-9,15-16,21H,10-14H2,1H3,(H,26,28). The second kappa shape index (κ2) is 6.10. The molecule has 0 aromatic heterocycles. The number of rotatable bonds is 4. The van der Waals surface area contributed by atoms with Gasteiger partial charge in [-0.1, -0.05) is 48.5 Å². The van der Waals surface area contributed by atoms with Gasteiger partial charge in [-0.3, -0.25) is 4.79 Å². The number of hydrogen-bond acceptors (Lipinski definition) is 4. The van der Waals surface area contributed by atoms with E-state index in [-0.39, 0.29) is 18.5 Å². The highest BCUT2D eigenvalue weighted by Gasteiger charge is 2.76. The molecular weight excluding hydrogens is 378 g/mol. The maximum absolute atomic E-state index is 12.9. The number of carbonyl (C=O) groups is 2. The minimum absolute atomic E-state index is 0.0313. The van der Waals surface area contributed by atoms with Crippen LogP contribution in [0.4, 0.5) is 4.79 Å². The van der Waals surface area contributed by atoms with E-state index in [1.165, 1.54) is 29.4 Å². The molecular formula is C25H25NO4. The minimum atomic E-state index is -0.567. The molecule has 154 valence electrons. The number of benzene rings is 2. The quantitative estimate of drug-likeness (QED) is 0.775. The molecule has 5 heteroatoms. The van der Waals surface area contributed by atoms with Gasteiger partial charge in [0.1, 0.15) is 6.61 Å². The van der Waals surface area contributed by atoms with E-state index < -0.39 is 17.0 Å². The lowest BCUT2D eigenvalue weighted by molar-refractivity contribution is -0.155. The van der Waals surface area contributed by atoms with Crippen molar-refractivity contribution in [2.75, 3.05) is 13.7 Å². The van der Waals surface area contributed by atoms with Crippen molar-refractivity contribution in [1.29, 1.82) is 0 Å². The summed E-state index contributed by atoms with van der Waals surface area (Å²) in [5.41, 5.74) is 3.74. The van der Waals surface area contributed by atoms with E-state index in [1.807, 2.05) is 24.3 Å². The summed E-state index contributed by atoms with van der Waals surface area (Å²) in [6.07, 6.45) is 2.95. The van der Waals surface area contributed by atoms with E-state index in [4.69, 9.17) is 9.47 Å². The summed E-state index contributed by atoms with van der Waals surface area (Å²) in [7, 11) is 1.45. The van der Waals surface area contributed by atoms with Gasteiger partial charge >= 0.3 is 12.1 Å². The van der Waals surface area contributed by atoms with Crippen LogP contribution < -0.4 is 5.32 Å². The van der Waals surface area contributed by atoms with Crippen LogP contribution in [0, 0.1) is 17.3 Å². The average molecular weight is 403 g/mol. The third-order valence-electron chi connectivity index (χ3n) is 8.29. The minimum Gasteiger partial charge on any atom is -0.469 e. The van der Waals surface area contributed by atoms with E-state index in [2.05, 4.69) is 29.6 Å². The number of alkyl carbamates (subject to hydrolysis) is 1. The highest BCUT2D eigenvalue weighted by molar-refractivity contribution is 5.83. The molecule has 0 heterocycles. The van der Waals surface area contributed by atoms with Gasteiger partial charge in [0.25, 0.3) is 0 Å². The number of nitrogens with one attached hydrogen (secondary N) is 1. The molecule has 5 aliphatic rings. The maximum Gasteiger partial charge on any atom is 0.407 e. The molecule has 0 radical (unpaired) electrons. The molecule has 2 atom stereocenters. The van der Waals surface area contributed by atoms with Crippen molar-refractivity contribution in [2.45, 2.75) is 37.1 Å². The molecule has 1 N–H and O–H groups in total. The van der Waals surface area contributed by atoms with Crippen LogP contribution in [-0.2, 0) is 14.3 Å². The Bertz CT molecular complexity index is 1000. The fourth-order valence-corrected chi connectivity index (χ4v) is 7.16. The van der Waals surface area contributed by atoms with Crippen molar-refractivity contribution in [3.05, 3.63) is 59.7 Å². The zero-order valence-electron chi connectivity index (χ0n) is 17.0. The Morgan fingerprint density at radius 2 is 1.50 bits per heavy atom. The predicted molar refractivity (Wildman–Crippen MR) is 111 cm³/mol. The van der Waals surface area contributed by atoms with E-state index in [9.17, 15) is 9.59 Å². The number of methoxy groups -OCH3 is 1. The molecule has 0 saturated heterocycles. The third kappa shape index (κ3) is 2.18. The van der Waals surface area contributed by atoms with Crippen LogP contribution in [0.1, 0.15) is 42.7 Å². The van der Waals surface area contributed by atoms with E-state index in [0.717, 1.165) is 25.7 Å². The highest BCUT2D eigenvalue weighted by Crippen LogP contribution is 2.72. The lowest BCUT2D eigenvalue weighted by atomic mass is 9.74. The number of carbonyl (C=O) groups excluding carboxylic acids is 2. The molecule has 1 amide bonds. The Morgan fingerprint density at radius 3 is 2.07 bits per heavy atom. The zero-order chi connectivity index (χ0) is 20.5. The molecule has 2 aromatic rings. The number of hydrogen-bond donors (Lipinski definition) is 1. The van der Waals surface area contributed by atoms with Gasteiger partial charge in [0.15, 0.2) is 0 Å². The average Bonchev–Trinajstić information content (AvgIpc) is 3.51. The van der Waals surface area contributed by atoms with Gasteiger partial charge in [-0.2, -0.15) is 0 Å². The lowest BCUT2D eigenvalue weighted by Gasteiger charge is -2.38. The molecule has 0 aliphatic heterocycles. The molecule has 4 fully saturated rings. The van der Waals surface area contributed by atoms with Gasteiger partial charge in [0.05, 0.1) is 18.1 Å². The van der Waals surface area contributed by atoms with Crippen LogP contribution in [0.25, 0.3) is 11.1 Å². The molecule has 4 saturated carbocycles. The fraction of sp³-hybridized carbons (Fsp3) is 0.440.